The van der Waals surface area contributed by atoms with Crippen LogP contribution < -0.4 is 15.9 Å². The van der Waals surface area contributed by atoms with Crippen molar-refractivity contribution in [3.8, 4) is 0 Å². The van der Waals surface area contributed by atoms with Crippen LogP contribution in [0.1, 0.15) is 12.0 Å². The fourth-order valence-corrected chi connectivity index (χ4v) is 2.36. The molecule has 0 bridgehead atoms. The molecule has 72 valence electrons. The van der Waals surface area contributed by atoms with E-state index in [4.69, 9.17) is 4.99 Å². The molecule has 1 atom stereocenters. The third-order valence-electron chi connectivity index (χ3n) is 3.11. The summed E-state index contributed by atoms with van der Waals surface area (Å²) in [6, 6.07) is 7.03. The van der Waals surface area contributed by atoms with Crippen molar-refractivity contribution in [3.05, 3.63) is 34.3 Å². The number of nitrogens with one attached hydrogen (secondary N) is 1. The third-order valence-corrected chi connectivity index (χ3v) is 3.11. The molecule has 0 saturated carbocycles. The van der Waals surface area contributed by atoms with E-state index in [1.54, 1.807) is 0 Å². The van der Waals surface area contributed by atoms with Crippen molar-refractivity contribution >= 4 is 5.57 Å². The maximum atomic E-state index is 4.74. The highest BCUT2D eigenvalue weighted by Crippen LogP contribution is 2.15. The van der Waals surface area contributed by atoms with Crippen LogP contribution in [0.5, 0.6) is 0 Å². The van der Waals surface area contributed by atoms with Gasteiger partial charge in [0.15, 0.2) is 0 Å². The van der Waals surface area contributed by atoms with Gasteiger partial charge in [-0.2, -0.15) is 0 Å². The molecule has 0 aliphatic carbocycles. The minimum Gasteiger partial charge on any atom is -0.313 e. The van der Waals surface area contributed by atoms with E-state index in [0.29, 0.717) is 6.04 Å². The van der Waals surface area contributed by atoms with E-state index in [1.807, 2.05) is 0 Å². The number of hydrogen-bond acceptors (Lipinski definition) is 2. The molecule has 0 amide bonds. The molecule has 2 nitrogen and oxygen atoms in total. The van der Waals surface area contributed by atoms with Crippen LogP contribution in [0.3, 0.4) is 0 Å². The summed E-state index contributed by atoms with van der Waals surface area (Å²) in [7, 11) is 0. The van der Waals surface area contributed by atoms with E-state index < -0.39 is 0 Å². The quantitative estimate of drug-likeness (QED) is 0.612. The van der Waals surface area contributed by atoms with Gasteiger partial charge in [-0.1, -0.05) is 11.6 Å². The van der Waals surface area contributed by atoms with Crippen LogP contribution in [-0.2, 0) is 0 Å². The molecule has 2 heteroatoms. The predicted molar refractivity (Wildman–Crippen MR) is 56.6 cm³/mol. The fraction of sp³-hybridized carbons (Fsp3) is 0.417. The number of rotatable bonds is 0. The molecule has 0 spiro atoms. The Morgan fingerprint density at radius 1 is 1.43 bits per heavy atom. The normalized spacial score (nSPS) is 24.1. The van der Waals surface area contributed by atoms with Crippen LogP contribution in [0, 0.1) is 6.92 Å². The van der Waals surface area contributed by atoms with Gasteiger partial charge in [0.2, 0.25) is 0 Å². The van der Waals surface area contributed by atoms with Crippen molar-refractivity contribution in [2.24, 2.45) is 4.99 Å². The second-order valence-electron chi connectivity index (χ2n) is 4.16. The van der Waals surface area contributed by atoms with Gasteiger partial charge in [0, 0.05) is 11.8 Å². The van der Waals surface area contributed by atoms with Gasteiger partial charge in [-0.15, -0.1) is 0 Å². The standard InChI is InChI=1S/C12H14N2/c1-8-2-3-11-9(6-8)10-7-13-5-4-12(10)14-11/h2-3,6,12-13H,4-5,7H2,1H3. The lowest BCUT2D eigenvalue weighted by Gasteiger charge is -2.19. The van der Waals surface area contributed by atoms with Gasteiger partial charge < -0.3 is 5.32 Å². The zero-order valence-corrected chi connectivity index (χ0v) is 8.38. The molecule has 1 fully saturated rings. The minimum absolute atomic E-state index is 0.466. The van der Waals surface area contributed by atoms with Crippen LogP contribution in [0.25, 0.3) is 5.57 Å². The molecule has 0 radical (unpaired) electrons. The van der Waals surface area contributed by atoms with Crippen molar-refractivity contribution < 1.29 is 0 Å². The van der Waals surface area contributed by atoms with Crippen molar-refractivity contribution in [1.82, 2.24) is 5.32 Å². The molecule has 14 heavy (non-hydrogen) atoms. The third kappa shape index (κ3) is 1.11. The lowest BCUT2D eigenvalue weighted by molar-refractivity contribution is 0.598. The van der Waals surface area contributed by atoms with Gasteiger partial charge in [0.1, 0.15) is 0 Å². The molecular weight excluding hydrogens is 172 g/mol. The Morgan fingerprint density at radius 3 is 3.29 bits per heavy atom. The molecule has 1 aromatic carbocycles. The first kappa shape index (κ1) is 8.18. The summed E-state index contributed by atoms with van der Waals surface area (Å²) in [6.07, 6.45) is 1.16. The Bertz CT molecular complexity index is 488. The van der Waals surface area contributed by atoms with Crippen LogP contribution in [0.15, 0.2) is 23.2 Å². The lowest BCUT2D eigenvalue weighted by Crippen LogP contribution is -2.34. The van der Waals surface area contributed by atoms with Gasteiger partial charge in [-0.05, 0) is 37.6 Å². The Labute approximate surface area is 83.4 Å². The summed E-state index contributed by atoms with van der Waals surface area (Å²) in [4.78, 5) is 4.74. The second kappa shape index (κ2) is 2.92. The van der Waals surface area contributed by atoms with Gasteiger partial charge >= 0.3 is 0 Å². The fourth-order valence-electron chi connectivity index (χ4n) is 2.36. The molecule has 0 aromatic heterocycles. The first-order valence-corrected chi connectivity index (χ1v) is 5.23. The number of benzene rings is 1. The molecular formula is C12H14N2. The van der Waals surface area contributed by atoms with Gasteiger partial charge in [-0.3, -0.25) is 4.99 Å². The molecule has 2 aliphatic heterocycles. The summed E-state index contributed by atoms with van der Waals surface area (Å²) in [5.74, 6) is 0. The molecule has 2 aliphatic rings. The SMILES string of the molecule is Cc1ccc2c(c1)=C1CNCCC1N=2. The van der Waals surface area contributed by atoms with Crippen molar-refractivity contribution in [2.75, 3.05) is 13.1 Å². The van der Waals surface area contributed by atoms with Crippen LogP contribution in [-0.4, -0.2) is 19.1 Å². The monoisotopic (exact) mass is 186 g/mol. The summed E-state index contributed by atoms with van der Waals surface area (Å²) in [6.45, 7) is 4.26. The summed E-state index contributed by atoms with van der Waals surface area (Å²) < 4.78 is 0. The van der Waals surface area contributed by atoms with Crippen molar-refractivity contribution in [3.63, 3.8) is 0 Å². The average molecular weight is 186 g/mol. The first-order chi connectivity index (χ1) is 6.84. The summed E-state index contributed by atoms with van der Waals surface area (Å²) in [5.41, 5.74) is 2.83. The topological polar surface area (TPSA) is 24.4 Å². The van der Waals surface area contributed by atoms with Crippen LogP contribution >= 0.6 is 0 Å². The van der Waals surface area contributed by atoms with Crippen LogP contribution in [0.2, 0.25) is 0 Å². The highest BCUT2D eigenvalue weighted by Gasteiger charge is 2.21. The molecule has 1 aromatic rings. The molecule has 1 N–H and O–H groups in total. The van der Waals surface area contributed by atoms with Crippen LogP contribution in [0.4, 0.5) is 0 Å². The van der Waals surface area contributed by atoms with E-state index in [0.717, 1.165) is 19.5 Å². The number of piperidine rings is 1. The minimum atomic E-state index is 0.466. The van der Waals surface area contributed by atoms with Gasteiger partial charge in [0.05, 0.1) is 11.4 Å². The molecule has 1 saturated heterocycles. The average Bonchev–Trinajstić information content (AvgIpc) is 2.56. The lowest BCUT2D eigenvalue weighted by atomic mass is 10.00. The Morgan fingerprint density at radius 2 is 2.36 bits per heavy atom. The van der Waals surface area contributed by atoms with E-state index in [9.17, 15) is 0 Å². The maximum absolute atomic E-state index is 4.74. The maximum Gasteiger partial charge on any atom is 0.0750 e. The number of fused-ring (bicyclic) bond motifs is 2. The first-order valence-electron chi connectivity index (χ1n) is 5.23. The van der Waals surface area contributed by atoms with Gasteiger partial charge in [-0.25, -0.2) is 0 Å². The highest BCUT2D eigenvalue weighted by molar-refractivity contribution is 5.56. The Kier molecular flexibility index (Phi) is 1.71. The number of nitrogens with zero attached hydrogens (tertiary/aromatic N) is 1. The second-order valence-corrected chi connectivity index (χ2v) is 4.16. The number of aryl methyl sites for hydroxylation is 1. The zero-order chi connectivity index (χ0) is 9.54. The van der Waals surface area contributed by atoms with Crippen molar-refractivity contribution in [1.29, 1.82) is 0 Å². The van der Waals surface area contributed by atoms with E-state index in [1.165, 1.54) is 21.7 Å². The molecule has 3 rings (SSSR count). The van der Waals surface area contributed by atoms with Gasteiger partial charge in [0.25, 0.3) is 0 Å². The smallest absolute Gasteiger partial charge is 0.0750 e. The summed E-state index contributed by atoms with van der Waals surface area (Å²) in [5, 5.41) is 5.99. The Hall–Kier alpha value is -1.15. The largest absolute Gasteiger partial charge is 0.313 e. The molecule has 1 unspecified atom stereocenters. The van der Waals surface area contributed by atoms with Crippen molar-refractivity contribution in [2.45, 2.75) is 19.4 Å². The molecule has 2 heterocycles. The highest BCUT2D eigenvalue weighted by atomic mass is 14.9. The van der Waals surface area contributed by atoms with E-state index in [-0.39, 0.29) is 0 Å². The zero-order valence-electron chi connectivity index (χ0n) is 8.38. The summed E-state index contributed by atoms with van der Waals surface area (Å²) >= 11 is 0. The van der Waals surface area contributed by atoms with E-state index >= 15 is 0 Å². The predicted octanol–water partition coefficient (Wildman–Crippen LogP) is 0.141. The number of hydrogen-bond donors (Lipinski definition) is 1. The Balaban J connectivity index is 2.29. The van der Waals surface area contributed by atoms with E-state index in [2.05, 4.69) is 30.4 Å².